The second-order valence-electron chi connectivity index (χ2n) is 8.71. The van der Waals surface area contributed by atoms with Crippen molar-refractivity contribution in [2.75, 3.05) is 25.5 Å². The summed E-state index contributed by atoms with van der Waals surface area (Å²) in [5.41, 5.74) is 1.79. The topological polar surface area (TPSA) is 92.8 Å². The Hall–Kier alpha value is -3.20. The Morgan fingerprint density at radius 1 is 1.06 bits per heavy atom. The molecule has 1 amide bonds. The predicted octanol–water partition coefficient (Wildman–Crippen LogP) is 4.93. The molecule has 188 valence electrons. The van der Waals surface area contributed by atoms with Crippen molar-refractivity contribution in [2.45, 2.75) is 24.7 Å². The molecule has 0 aromatic heterocycles. The van der Waals surface area contributed by atoms with Gasteiger partial charge in [-0.1, -0.05) is 41.9 Å². The molecule has 3 aromatic rings. The molecule has 0 aliphatic carbocycles. The molecular weight excluding hydrogens is 500 g/mol. The van der Waals surface area contributed by atoms with Crippen LogP contribution in [0.15, 0.2) is 71.6 Å². The van der Waals surface area contributed by atoms with Crippen molar-refractivity contribution in [2.24, 2.45) is 5.92 Å². The van der Waals surface area contributed by atoms with Gasteiger partial charge < -0.3 is 10.1 Å². The SMILES string of the molecule is COc1ccc(S(=O)(=O)N2CCC[C@@H](C(=O)Nc3ccc(Cl)cc3C(=O)c3ccccc3)C2)cc1C. The van der Waals surface area contributed by atoms with Crippen molar-refractivity contribution in [1.29, 1.82) is 0 Å². The van der Waals surface area contributed by atoms with Gasteiger partial charge in [0.05, 0.1) is 23.6 Å². The van der Waals surface area contributed by atoms with Gasteiger partial charge in [-0.25, -0.2) is 8.42 Å². The Kier molecular flexibility index (Phi) is 7.78. The summed E-state index contributed by atoms with van der Waals surface area (Å²) in [7, 11) is -2.25. The molecule has 0 radical (unpaired) electrons. The van der Waals surface area contributed by atoms with E-state index in [1.54, 1.807) is 55.5 Å². The van der Waals surface area contributed by atoms with Crippen LogP contribution in [0.3, 0.4) is 0 Å². The molecule has 9 heteroatoms. The van der Waals surface area contributed by atoms with Crippen LogP contribution in [0.25, 0.3) is 0 Å². The van der Waals surface area contributed by atoms with Crippen molar-refractivity contribution >= 4 is 39.0 Å². The number of carbonyl (C=O) groups is 2. The standard InChI is InChI=1S/C27H27ClN2O5S/c1-18-15-22(11-13-25(18)35-2)36(33,34)30-14-6-9-20(17-30)27(32)29-24-12-10-21(28)16-23(24)26(31)19-7-4-3-5-8-19/h3-5,7-8,10-13,15-16,20H,6,9,14,17H2,1-2H3,(H,29,32)/t20-/m1/s1. The molecule has 0 spiro atoms. The summed E-state index contributed by atoms with van der Waals surface area (Å²) >= 11 is 6.15. The Morgan fingerprint density at radius 2 is 1.81 bits per heavy atom. The Labute approximate surface area is 216 Å². The van der Waals surface area contributed by atoms with E-state index in [0.29, 0.717) is 47.0 Å². The number of ether oxygens (including phenoxy) is 1. The lowest BCUT2D eigenvalue weighted by atomic mass is 9.97. The number of benzene rings is 3. The number of rotatable bonds is 7. The summed E-state index contributed by atoms with van der Waals surface area (Å²) in [6.07, 6.45) is 1.08. The maximum absolute atomic E-state index is 13.3. The van der Waals surface area contributed by atoms with Crippen LogP contribution in [0.2, 0.25) is 5.02 Å². The number of aryl methyl sites for hydroxylation is 1. The molecule has 4 rings (SSSR count). The van der Waals surface area contributed by atoms with E-state index in [0.717, 1.165) is 0 Å². The molecule has 0 bridgehead atoms. The molecule has 1 fully saturated rings. The zero-order valence-corrected chi connectivity index (χ0v) is 21.6. The second-order valence-corrected chi connectivity index (χ2v) is 11.1. The lowest BCUT2D eigenvalue weighted by Gasteiger charge is -2.31. The van der Waals surface area contributed by atoms with Crippen molar-refractivity contribution in [3.63, 3.8) is 0 Å². The van der Waals surface area contributed by atoms with Crippen LogP contribution in [-0.2, 0) is 14.8 Å². The van der Waals surface area contributed by atoms with E-state index in [2.05, 4.69) is 5.32 Å². The normalized spacial score (nSPS) is 16.4. The second kappa shape index (κ2) is 10.8. The number of sulfonamides is 1. The van der Waals surface area contributed by atoms with Crippen molar-refractivity contribution in [3.05, 3.63) is 88.4 Å². The van der Waals surface area contributed by atoms with E-state index in [1.165, 1.54) is 23.5 Å². The Morgan fingerprint density at radius 3 is 2.50 bits per heavy atom. The fraction of sp³-hybridized carbons (Fsp3) is 0.259. The van der Waals surface area contributed by atoms with Gasteiger partial charge in [0, 0.05) is 29.2 Å². The quantitative estimate of drug-likeness (QED) is 0.441. The molecule has 1 aliphatic heterocycles. The summed E-state index contributed by atoms with van der Waals surface area (Å²) in [5, 5.41) is 3.21. The monoisotopic (exact) mass is 526 g/mol. The molecule has 0 unspecified atom stereocenters. The Balaban J connectivity index is 1.53. The van der Waals surface area contributed by atoms with Crippen LogP contribution in [0.5, 0.6) is 5.75 Å². The molecule has 1 atom stereocenters. The minimum atomic E-state index is -3.79. The van der Waals surface area contributed by atoms with Crippen LogP contribution in [0.1, 0.15) is 34.3 Å². The van der Waals surface area contributed by atoms with Crippen LogP contribution in [-0.4, -0.2) is 44.6 Å². The van der Waals surface area contributed by atoms with Crippen LogP contribution < -0.4 is 10.1 Å². The smallest absolute Gasteiger partial charge is 0.243 e. The highest BCUT2D eigenvalue weighted by atomic mass is 35.5. The minimum absolute atomic E-state index is 0.0504. The third-order valence-corrected chi connectivity index (χ3v) is 8.38. The number of ketones is 1. The van der Waals surface area contributed by atoms with E-state index in [-0.39, 0.29) is 28.7 Å². The summed E-state index contributed by atoms with van der Waals surface area (Å²) in [6.45, 7) is 2.16. The molecule has 36 heavy (non-hydrogen) atoms. The average molecular weight is 527 g/mol. The van der Waals surface area contributed by atoms with Crippen molar-refractivity contribution < 1.29 is 22.7 Å². The number of halogens is 1. The molecule has 7 nitrogen and oxygen atoms in total. The third kappa shape index (κ3) is 5.46. The van der Waals surface area contributed by atoms with Gasteiger partial charge in [0.25, 0.3) is 0 Å². The predicted molar refractivity (Wildman–Crippen MR) is 139 cm³/mol. The number of hydrogen-bond donors (Lipinski definition) is 1. The molecule has 1 N–H and O–H groups in total. The van der Waals surface area contributed by atoms with Crippen LogP contribution in [0.4, 0.5) is 5.69 Å². The summed E-state index contributed by atoms with van der Waals surface area (Å²) in [5.74, 6) is -0.571. The summed E-state index contributed by atoms with van der Waals surface area (Å²) in [4.78, 5) is 26.5. The molecule has 1 heterocycles. The zero-order valence-electron chi connectivity index (χ0n) is 20.0. The lowest BCUT2D eigenvalue weighted by molar-refractivity contribution is -0.120. The van der Waals surface area contributed by atoms with Gasteiger partial charge in [0.1, 0.15) is 5.75 Å². The number of nitrogens with one attached hydrogen (secondary N) is 1. The lowest BCUT2D eigenvalue weighted by Crippen LogP contribution is -2.43. The highest BCUT2D eigenvalue weighted by Gasteiger charge is 2.34. The van der Waals surface area contributed by atoms with Gasteiger partial charge in [-0.2, -0.15) is 4.31 Å². The van der Waals surface area contributed by atoms with Gasteiger partial charge in [0.15, 0.2) is 5.78 Å². The van der Waals surface area contributed by atoms with E-state index in [1.807, 2.05) is 6.07 Å². The number of piperidine rings is 1. The first kappa shape index (κ1) is 25.9. The maximum Gasteiger partial charge on any atom is 0.243 e. The molecule has 1 saturated heterocycles. The van der Waals surface area contributed by atoms with Gasteiger partial charge >= 0.3 is 0 Å². The first-order valence-corrected chi connectivity index (χ1v) is 13.4. The summed E-state index contributed by atoms with van der Waals surface area (Å²) in [6, 6.07) is 18.2. The largest absolute Gasteiger partial charge is 0.496 e. The molecular formula is C27H27ClN2O5S. The molecule has 0 saturated carbocycles. The van der Waals surface area contributed by atoms with E-state index >= 15 is 0 Å². The first-order chi connectivity index (χ1) is 17.2. The number of carbonyl (C=O) groups excluding carboxylic acids is 2. The average Bonchev–Trinajstić information content (AvgIpc) is 2.89. The number of methoxy groups -OCH3 is 1. The zero-order chi connectivity index (χ0) is 25.9. The Bertz CT molecular complexity index is 1390. The van der Waals surface area contributed by atoms with E-state index in [4.69, 9.17) is 16.3 Å². The summed E-state index contributed by atoms with van der Waals surface area (Å²) < 4.78 is 33.2. The highest BCUT2D eigenvalue weighted by Crippen LogP contribution is 2.29. The van der Waals surface area contributed by atoms with Gasteiger partial charge in [0.2, 0.25) is 15.9 Å². The first-order valence-electron chi connectivity index (χ1n) is 11.6. The van der Waals surface area contributed by atoms with Gasteiger partial charge in [-0.15, -0.1) is 0 Å². The van der Waals surface area contributed by atoms with Crippen molar-refractivity contribution in [3.8, 4) is 5.75 Å². The van der Waals surface area contributed by atoms with Crippen LogP contribution >= 0.6 is 11.6 Å². The fourth-order valence-corrected chi connectivity index (χ4v) is 6.11. The van der Waals surface area contributed by atoms with Gasteiger partial charge in [-0.3, -0.25) is 9.59 Å². The van der Waals surface area contributed by atoms with E-state index < -0.39 is 15.9 Å². The molecule has 1 aliphatic rings. The number of amides is 1. The third-order valence-electron chi connectivity index (χ3n) is 6.28. The number of anilines is 1. The number of nitrogens with zero attached hydrogens (tertiary/aromatic N) is 1. The van der Waals surface area contributed by atoms with E-state index in [9.17, 15) is 18.0 Å². The molecule has 3 aromatic carbocycles. The van der Waals surface area contributed by atoms with Crippen LogP contribution in [0, 0.1) is 12.8 Å². The number of hydrogen-bond acceptors (Lipinski definition) is 5. The fourth-order valence-electron chi connectivity index (χ4n) is 4.33. The van der Waals surface area contributed by atoms with Crippen molar-refractivity contribution in [1.82, 2.24) is 4.31 Å². The highest BCUT2D eigenvalue weighted by molar-refractivity contribution is 7.89. The van der Waals surface area contributed by atoms with Gasteiger partial charge in [-0.05, 0) is 61.7 Å². The maximum atomic E-state index is 13.3. The minimum Gasteiger partial charge on any atom is -0.496 e.